The molecule has 20 heavy (non-hydrogen) atoms. The maximum absolute atomic E-state index is 12.9. The molecule has 0 fully saturated rings. The van der Waals surface area contributed by atoms with Crippen molar-refractivity contribution in [3.63, 3.8) is 0 Å². The summed E-state index contributed by atoms with van der Waals surface area (Å²) in [4.78, 5) is 0.182. The smallest absolute Gasteiger partial charge is 0.175 e. The third-order valence-corrected chi connectivity index (χ3v) is 3.85. The van der Waals surface area contributed by atoms with Crippen LogP contribution >= 0.6 is 0 Å². The highest BCUT2D eigenvalue weighted by Crippen LogP contribution is 2.20. The minimum Gasteiger partial charge on any atom is -0.489 e. The van der Waals surface area contributed by atoms with Gasteiger partial charge in [0.1, 0.15) is 18.2 Å². The Labute approximate surface area is 116 Å². The Kier molecular flexibility index (Phi) is 3.94. The van der Waals surface area contributed by atoms with Crippen LogP contribution in [0.25, 0.3) is 0 Å². The van der Waals surface area contributed by atoms with Gasteiger partial charge in [-0.2, -0.15) is 0 Å². The number of ether oxygens (including phenoxy) is 1. The summed E-state index contributed by atoms with van der Waals surface area (Å²) < 4.78 is 41.3. The van der Waals surface area contributed by atoms with Gasteiger partial charge in [-0.05, 0) is 30.3 Å². The molecule has 2 N–H and O–H groups in total. The Morgan fingerprint density at radius 3 is 2.60 bits per heavy atom. The van der Waals surface area contributed by atoms with Gasteiger partial charge in [0, 0.05) is 17.5 Å². The second-order valence-electron chi connectivity index (χ2n) is 4.38. The van der Waals surface area contributed by atoms with Crippen LogP contribution in [0.15, 0.2) is 47.4 Å². The lowest BCUT2D eigenvalue weighted by Crippen LogP contribution is -2.02. The van der Waals surface area contributed by atoms with E-state index in [2.05, 4.69) is 0 Å². The van der Waals surface area contributed by atoms with E-state index < -0.39 is 15.7 Å². The van der Waals surface area contributed by atoms with Crippen molar-refractivity contribution in [1.82, 2.24) is 0 Å². The number of hydrogen-bond acceptors (Lipinski definition) is 4. The standard InChI is InChI=1S/C14H14FNO3S/c1-20(17,18)13-4-2-3-12(8-13)19-9-10-5-6-11(15)7-14(10)16/h2-8H,9,16H2,1H3. The fourth-order valence-corrected chi connectivity index (χ4v) is 2.31. The van der Waals surface area contributed by atoms with Gasteiger partial charge in [0.25, 0.3) is 0 Å². The molecule has 0 bridgehead atoms. The molecule has 0 saturated carbocycles. The van der Waals surface area contributed by atoms with Crippen molar-refractivity contribution in [2.24, 2.45) is 0 Å². The van der Waals surface area contributed by atoms with Crippen molar-refractivity contribution < 1.29 is 17.5 Å². The lowest BCUT2D eigenvalue weighted by Gasteiger charge is -2.09. The molecule has 0 heterocycles. The number of sulfone groups is 1. The fraction of sp³-hybridized carbons (Fsp3) is 0.143. The Morgan fingerprint density at radius 2 is 1.95 bits per heavy atom. The second-order valence-corrected chi connectivity index (χ2v) is 6.39. The van der Waals surface area contributed by atoms with Gasteiger partial charge in [0.2, 0.25) is 0 Å². The van der Waals surface area contributed by atoms with E-state index in [0.29, 0.717) is 17.0 Å². The molecule has 2 rings (SSSR count). The zero-order chi connectivity index (χ0) is 14.8. The van der Waals surface area contributed by atoms with Crippen molar-refractivity contribution in [2.45, 2.75) is 11.5 Å². The minimum atomic E-state index is -3.28. The highest BCUT2D eigenvalue weighted by atomic mass is 32.2. The number of nitrogens with two attached hydrogens (primary N) is 1. The van der Waals surface area contributed by atoms with Crippen LogP contribution in [0.3, 0.4) is 0 Å². The highest BCUT2D eigenvalue weighted by molar-refractivity contribution is 7.90. The van der Waals surface area contributed by atoms with E-state index in [-0.39, 0.29) is 11.5 Å². The Bertz CT molecular complexity index is 729. The van der Waals surface area contributed by atoms with Crippen LogP contribution < -0.4 is 10.5 Å². The fourth-order valence-electron chi connectivity index (χ4n) is 1.65. The van der Waals surface area contributed by atoms with E-state index in [0.717, 1.165) is 6.26 Å². The molecule has 2 aromatic carbocycles. The van der Waals surface area contributed by atoms with Crippen LogP contribution in [-0.2, 0) is 16.4 Å². The monoisotopic (exact) mass is 295 g/mol. The molecule has 0 saturated heterocycles. The summed E-state index contributed by atoms with van der Waals surface area (Å²) in [7, 11) is -3.28. The van der Waals surface area contributed by atoms with Gasteiger partial charge in [0.15, 0.2) is 9.84 Å². The van der Waals surface area contributed by atoms with E-state index in [1.54, 1.807) is 12.1 Å². The first-order valence-corrected chi connectivity index (χ1v) is 7.72. The molecule has 106 valence electrons. The van der Waals surface area contributed by atoms with Crippen molar-refractivity contribution in [1.29, 1.82) is 0 Å². The number of halogens is 1. The molecule has 6 heteroatoms. The van der Waals surface area contributed by atoms with Crippen LogP contribution in [0.1, 0.15) is 5.56 Å². The molecule has 2 aromatic rings. The summed E-state index contributed by atoms with van der Waals surface area (Å²) in [5.74, 6) is 0.00183. The quantitative estimate of drug-likeness (QED) is 0.879. The predicted octanol–water partition coefficient (Wildman–Crippen LogP) is 2.39. The summed E-state index contributed by atoms with van der Waals surface area (Å²) in [6.07, 6.45) is 1.13. The van der Waals surface area contributed by atoms with Gasteiger partial charge in [-0.25, -0.2) is 12.8 Å². The second kappa shape index (κ2) is 5.50. The molecule has 0 aliphatic rings. The first-order valence-electron chi connectivity index (χ1n) is 5.83. The van der Waals surface area contributed by atoms with Crippen LogP contribution in [0.2, 0.25) is 0 Å². The average Bonchev–Trinajstić information content (AvgIpc) is 2.37. The maximum atomic E-state index is 12.9. The molecule has 0 radical (unpaired) electrons. The molecule has 0 aliphatic heterocycles. The van der Waals surface area contributed by atoms with Gasteiger partial charge in [-0.15, -0.1) is 0 Å². The number of hydrogen-bond donors (Lipinski definition) is 1. The number of anilines is 1. The van der Waals surface area contributed by atoms with Gasteiger partial charge in [-0.1, -0.05) is 12.1 Å². The molecule has 4 nitrogen and oxygen atoms in total. The first-order chi connectivity index (χ1) is 9.36. The summed E-state index contributed by atoms with van der Waals surface area (Å²) in [5.41, 5.74) is 6.60. The maximum Gasteiger partial charge on any atom is 0.175 e. The van der Waals surface area contributed by atoms with E-state index >= 15 is 0 Å². The zero-order valence-corrected chi connectivity index (χ0v) is 11.7. The summed E-state index contributed by atoms with van der Waals surface area (Å²) >= 11 is 0. The number of nitrogen functional groups attached to an aromatic ring is 1. The first kappa shape index (κ1) is 14.3. The molecule has 0 aliphatic carbocycles. The topological polar surface area (TPSA) is 69.4 Å². The van der Waals surface area contributed by atoms with Crippen molar-refractivity contribution in [2.75, 3.05) is 12.0 Å². The lowest BCUT2D eigenvalue weighted by molar-refractivity contribution is 0.306. The van der Waals surface area contributed by atoms with Crippen LogP contribution in [0, 0.1) is 5.82 Å². The predicted molar refractivity (Wildman–Crippen MR) is 74.7 cm³/mol. The Balaban J connectivity index is 2.15. The molecule has 0 unspecified atom stereocenters. The average molecular weight is 295 g/mol. The largest absolute Gasteiger partial charge is 0.489 e. The third kappa shape index (κ3) is 3.48. The number of rotatable bonds is 4. The normalized spacial score (nSPS) is 11.3. The molecular weight excluding hydrogens is 281 g/mol. The van der Waals surface area contributed by atoms with Gasteiger partial charge in [-0.3, -0.25) is 0 Å². The van der Waals surface area contributed by atoms with Crippen molar-refractivity contribution >= 4 is 15.5 Å². The Morgan fingerprint density at radius 1 is 1.20 bits per heavy atom. The van der Waals surface area contributed by atoms with E-state index in [1.807, 2.05) is 0 Å². The van der Waals surface area contributed by atoms with Crippen molar-refractivity contribution in [3.05, 3.63) is 53.8 Å². The molecule has 0 amide bonds. The minimum absolute atomic E-state index is 0.138. The van der Waals surface area contributed by atoms with Gasteiger partial charge >= 0.3 is 0 Å². The zero-order valence-electron chi connectivity index (χ0n) is 10.8. The van der Waals surface area contributed by atoms with Crippen molar-refractivity contribution in [3.8, 4) is 5.75 Å². The van der Waals surface area contributed by atoms with Gasteiger partial charge < -0.3 is 10.5 Å². The van der Waals surface area contributed by atoms with E-state index in [4.69, 9.17) is 10.5 Å². The van der Waals surface area contributed by atoms with E-state index in [9.17, 15) is 12.8 Å². The Hall–Kier alpha value is -2.08. The molecule has 0 aromatic heterocycles. The van der Waals surface area contributed by atoms with E-state index in [1.165, 1.54) is 30.3 Å². The third-order valence-electron chi connectivity index (χ3n) is 2.74. The summed E-state index contributed by atoms with van der Waals surface area (Å²) in [6.45, 7) is 0.138. The molecule has 0 spiro atoms. The molecule has 0 atom stereocenters. The summed E-state index contributed by atoms with van der Waals surface area (Å²) in [6, 6.07) is 10.2. The lowest BCUT2D eigenvalue weighted by atomic mass is 10.2. The van der Waals surface area contributed by atoms with Crippen LogP contribution in [0.4, 0.5) is 10.1 Å². The van der Waals surface area contributed by atoms with Crippen LogP contribution in [0.5, 0.6) is 5.75 Å². The van der Waals surface area contributed by atoms with Gasteiger partial charge in [0.05, 0.1) is 4.90 Å². The number of benzene rings is 2. The SMILES string of the molecule is CS(=O)(=O)c1cccc(OCc2ccc(F)cc2N)c1. The van der Waals surface area contributed by atoms with Crippen LogP contribution in [-0.4, -0.2) is 14.7 Å². The summed E-state index contributed by atoms with van der Waals surface area (Å²) in [5, 5.41) is 0. The molecular formula is C14H14FNO3S. The highest BCUT2D eigenvalue weighted by Gasteiger charge is 2.08.